The number of furan rings is 1. The number of benzene rings is 4. The number of fused-ring (bicyclic) bond motifs is 2. The molecule has 0 saturated heterocycles. The normalized spacial score (nSPS) is 14.2. The van der Waals surface area contributed by atoms with Crippen LogP contribution in [0.4, 0.5) is 4.39 Å². The maximum atomic E-state index is 13.3. The molecule has 4 aromatic carbocycles. The van der Waals surface area contributed by atoms with Crippen molar-refractivity contribution < 1.29 is 27.8 Å². The molecule has 2 heterocycles. The van der Waals surface area contributed by atoms with E-state index in [0.717, 1.165) is 27.6 Å². The highest BCUT2D eigenvalue weighted by Crippen LogP contribution is 2.44. The molecule has 43 heavy (non-hydrogen) atoms. The Hall–Kier alpha value is -5.55. The first-order valence-corrected chi connectivity index (χ1v) is 13.6. The smallest absolute Gasteiger partial charge is 0.379 e. The van der Waals surface area contributed by atoms with E-state index >= 15 is 0 Å². The summed E-state index contributed by atoms with van der Waals surface area (Å²) in [6, 6.07) is 24.5. The Labute approximate surface area is 247 Å². The maximum absolute atomic E-state index is 13.3. The minimum absolute atomic E-state index is 0.0417. The largest absolute Gasteiger partial charge is 0.489 e. The van der Waals surface area contributed by atoms with Gasteiger partial charge in [0.05, 0.1) is 5.92 Å². The predicted octanol–water partition coefficient (Wildman–Crippen LogP) is 7.51. The zero-order valence-corrected chi connectivity index (χ0v) is 23.7. The van der Waals surface area contributed by atoms with E-state index in [0.29, 0.717) is 28.2 Å². The van der Waals surface area contributed by atoms with Crippen molar-refractivity contribution in [2.45, 2.75) is 33.3 Å². The minimum atomic E-state index is -0.636. The van der Waals surface area contributed by atoms with E-state index in [2.05, 4.69) is 6.07 Å². The fourth-order valence-corrected chi connectivity index (χ4v) is 5.20. The van der Waals surface area contributed by atoms with Crippen LogP contribution < -0.4 is 19.9 Å². The van der Waals surface area contributed by atoms with Crippen molar-refractivity contribution in [2.24, 2.45) is 5.73 Å². The fraction of sp³-hybridized carbons (Fsp3) is 0.143. The Kier molecular flexibility index (Phi) is 7.08. The predicted molar refractivity (Wildman–Crippen MR) is 158 cm³/mol. The van der Waals surface area contributed by atoms with E-state index < -0.39 is 11.9 Å². The zero-order valence-electron chi connectivity index (χ0n) is 23.7. The highest BCUT2D eigenvalue weighted by molar-refractivity contribution is 5.97. The van der Waals surface area contributed by atoms with E-state index in [-0.39, 0.29) is 35.4 Å². The number of carbonyl (C=O) groups is 1. The Morgan fingerprint density at radius 1 is 0.977 bits per heavy atom. The lowest BCUT2D eigenvalue weighted by molar-refractivity contribution is 0.0702. The molecule has 1 aliphatic heterocycles. The topological polar surface area (TPSA) is 108 Å². The minimum Gasteiger partial charge on any atom is -0.489 e. The Balaban J connectivity index is 1.27. The van der Waals surface area contributed by atoms with Crippen LogP contribution in [0.1, 0.15) is 49.9 Å². The van der Waals surface area contributed by atoms with Crippen molar-refractivity contribution in [3.8, 4) is 23.3 Å². The van der Waals surface area contributed by atoms with E-state index in [1.54, 1.807) is 36.4 Å². The molecular formula is C35H27FN2O5. The highest BCUT2D eigenvalue weighted by atomic mass is 19.1. The van der Waals surface area contributed by atoms with Crippen LogP contribution in [-0.4, -0.2) is 5.97 Å². The molecule has 0 aliphatic carbocycles. The van der Waals surface area contributed by atoms with Crippen LogP contribution in [0.2, 0.25) is 0 Å². The summed E-state index contributed by atoms with van der Waals surface area (Å²) in [7, 11) is 0. The van der Waals surface area contributed by atoms with Crippen molar-refractivity contribution >= 4 is 16.9 Å². The number of hydrogen-bond donors (Lipinski definition) is 1. The molecule has 0 fully saturated rings. The summed E-state index contributed by atoms with van der Waals surface area (Å²) in [6.07, 6.45) is 0. The van der Waals surface area contributed by atoms with Gasteiger partial charge in [-0.25, -0.2) is 9.18 Å². The highest BCUT2D eigenvalue weighted by Gasteiger charge is 2.31. The monoisotopic (exact) mass is 574 g/mol. The average Bonchev–Trinajstić information content (AvgIpc) is 3.31. The summed E-state index contributed by atoms with van der Waals surface area (Å²) in [4.78, 5) is 13.1. The molecule has 0 saturated carbocycles. The SMILES string of the molecule is Cc1cc2oc(C(=O)Oc3ccc4c(c3)OC(N)=C(C#N)C4c3cccc(OCc4ccc(F)cc4)c3)c(C)c2cc1C. The number of rotatable bonds is 6. The van der Waals surface area contributed by atoms with Gasteiger partial charge in [0, 0.05) is 22.6 Å². The van der Waals surface area contributed by atoms with Gasteiger partial charge in [-0.15, -0.1) is 0 Å². The number of hydrogen-bond acceptors (Lipinski definition) is 7. The van der Waals surface area contributed by atoms with Gasteiger partial charge in [0.25, 0.3) is 0 Å². The van der Waals surface area contributed by atoms with Crippen molar-refractivity contribution in [2.75, 3.05) is 0 Å². The number of nitrogens with zero attached hydrogens (tertiary/aromatic N) is 1. The second-order valence-corrected chi connectivity index (χ2v) is 10.5. The summed E-state index contributed by atoms with van der Waals surface area (Å²) in [5, 5.41) is 10.8. The number of allylic oxidation sites excluding steroid dienone is 1. The van der Waals surface area contributed by atoms with Crippen LogP contribution >= 0.6 is 0 Å². The number of nitriles is 1. The summed E-state index contributed by atoms with van der Waals surface area (Å²) < 4.78 is 36.6. The maximum Gasteiger partial charge on any atom is 0.379 e. The molecule has 214 valence electrons. The van der Waals surface area contributed by atoms with E-state index in [4.69, 9.17) is 24.4 Å². The average molecular weight is 575 g/mol. The number of carbonyl (C=O) groups excluding carboxylic acids is 1. The molecule has 8 heteroatoms. The Morgan fingerprint density at radius 2 is 1.74 bits per heavy atom. The summed E-state index contributed by atoms with van der Waals surface area (Å²) in [5.41, 5.74) is 12.2. The van der Waals surface area contributed by atoms with Crippen molar-refractivity contribution in [3.63, 3.8) is 0 Å². The van der Waals surface area contributed by atoms with Gasteiger partial charge in [0.15, 0.2) is 0 Å². The molecule has 1 atom stereocenters. The van der Waals surface area contributed by atoms with Gasteiger partial charge in [-0.2, -0.15) is 5.26 Å². The fourth-order valence-electron chi connectivity index (χ4n) is 5.20. The van der Waals surface area contributed by atoms with Crippen LogP contribution in [0.3, 0.4) is 0 Å². The first-order chi connectivity index (χ1) is 20.7. The quantitative estimate of drug-likeness (QED) is 0.165. The van der Waals surface area contributed by atoms with Crippen LogP contribution in [0, 0.1) is 37.9 Å². The molecule has 1 aromatic heterocycles. The zero-order chi connectivity index (χ0) is 30.2. The van der Waals surface area contributed by atoms with Gasteiger partial charge in [-0.05, 0) is 85.5 Å². The van der Waals surface area contributed by atoms with Gasteiger partial charge in [-0.3, -0.25) is 0 Å². The Bertz CT molecular complexity index is 1970. The first kappa shape index (κ1) is 27.6. The number of nitrogens with two attached hydrogens (primary N) is 1. The van der Waals surface area contributed by atoms with Crippen LogP contribution in [0.5, 0.6) is 17.2 Å². The van der Waals surface area contributed by atoms with Crippen molar-refractivity contribution in [3.05, 3.63) is 135 Å². The lowest BCUT2D eigenvalue weighted by Gasteiger charge is -2.27. The van der Waals surface area contributed by atoms with Gasteiger partial charge in [0.2, 0.25) is 11.6 Å². The lowest BCUT2D eigenvalue weighted by atomic mass is 9.83. The molecule has 1 aliphatic rings. The molecule has 0 bridgehead atoms. The van der Waals surface area contributed by atoms with Crippen LogP contribution in [0.15, 0.2) is 94.7 Å². The molecular weight excluding hydrogens is 547 g/mol. The summed E-state index contributed by atoms with van der Waals surface area (Å²) >= 11 is 0. The third-order valence-corrected chi connectivity index (χ3v) is 7.65. The second-order valence-electron chi connectivity index (χ2n) is 10.5. The molecule has 2 N–H and O–H groups in total. The summed E-state index contributed by atoms with van der Waals surface area (Å²) in [5.74, 6) is -0.245. The first-order valence-electron chi connectivity index (χ1n) is 13.6. The molecule has 6 rings (SSSR count). The lowest BCUT2D eigenvalue weighted by Crippen LogP contribution is -2.21. The van der Waals surface area contributed by atoms with E-state index in [9.17, 15) is 14.4 Å². The standard InChI is InChI=1S/C35H27FN2O5/c1-19-13-28-21(3)33(42-30(28)14-20(19)2)35(39)41-26-11-12-27-31(16-26)43-34(38)29(17-37)32(27)23-5-4-6-25(15-23)40-18-22-7-9-24(36)10-8-22/h4-16,32H,18,38H2,1-3H3. The van der Waals surface area contributed by atoms with E-state index in [1.165, 1.54) is 12.1 Å². The molecule has 0 spiro atoms. The third kappa shape index (κ3) is 5.29. The molecule has 1 unspecified atom stereocenters. The van der Waals surface area contributed by atoms with Crippen LogP contribution in [0.25, 0.3) is 11.0 Å². The number of ether oxygens (including phenoxy) is 3. The number of aryl methyl sites for hydroxylation is 3. The molecule has 5 aromatic rings. The molecule has 0 amide bonds. The van der Waals surface area contributed by atoms with Gasteiger partial charge in [-0.1, -0.05) is 30.3 Å². The summed E-state index contributed by atoms with van der Waals surface area (Å²) in [6.45, 7) is 6.06. The third-order valence-electron chi connectivity index (χ3n) is 7.65. The second kappa shape index (κ2) is 11.0. The van der Waals surface area contributed by atoms with Crippen molar-refractivity contribution in [1.82, 2.24) is 0 Å². The van der Waals surface area contributed by atoms with Crippen LogP contribution in [-0.2, 0) is 6.61 Å². The molecule has 7 nitrogen and oxygen atoms in total. The van der Waals surface area contributed by atoms with E-state index in [1.807, 2.05) is 51.1 Å². The number of halogens is 1. The number of esters is 1. The molecule has 0 radical (unpaired) electrons. The Morgan fingerprint density at radius 3 is 2.51 bits per heavy atom. The van der Waals surface area contributed by atoms with Gasteiger partial charge < -0.3 is 24.4 Å². The van der Waals surface area contributed by atoms with Crippen molar-refractivity contribution in [1.29, 1.82) is 5.26 Å². The van der Waals surface area contributed by atoms with Gasteiger partial charge >= 0.3 is 5.97 Å². The van der Waals surface area contributed by atoms with Gasteiger partial charge in [0.1, 0.15) is 46.9 Å².